The van der Waals surface area contributed by atoms with Crippen LogP contribution in [0.5, 0.6) is 0 Å². The van der Waals surface area contributed by atoms with Gasteiger partial charge in [-0.2, -0.15) is 0 Å². The van der Waals surface area contributed by atoms with Crippen molar-refractivity contribution in [1.29, 1.82) is 0 Å². The number of nitrogens with two attached hydrogens (primary N) is 1. The van der Waals surface area contributed by atoms with Crippen LogP contribution in [-0.4, -0.2) is 44.5 Å². The van der Waals surface area contributed by atoms with Crippen molar-refractivity contribution in [1.82, 2.24) is 14.6 Å². The average molecular weight is 378 g/mol. The Hall–Kier alpha value is -0.740. The van der Waals surface area contributed by atoms with Crippen LogP contribution in [0.25, 0.3) is 0 Å². The van der Waals surface area contributed by atoms with Gasteiger partial charge >= 0.3 is 0 Å². The summed E-state index contributed by atoms with van der Waals surface area (Å²) in [6.07, 6.45) is 2.50. The molecule has 1 aliphatic heterocycles. The highest BCUT2D eigenvalue weighted by atomic mass is 79.9. The number of nitrogen functional groups attached to an aromatic ring is 1. The van der Waals surface area contributed by atoms with Gasteiger partial charge in [0.2, 0.25) is 10.0 Å². The summed E-state index contributed by atoms with van der Waals surface area (Å²) in [6, 6.07) is 1.48. The fourth-order valence-electron chi connectivity index (χ4n) is 2.41. The van der Waals surface area contributed by atoms with E-state index in [1.165, 1.54) is 12.3 Å². The Labute approximate surface area is 133 Å². The molecule has 1 fully saturated rings. The molecule has 2 rings (SSSR count). The van der Waals surface area contributed by atoms with Crippen molar-refractivity contribution in [3.05, 3.63) is 16.7 Å². The maximum absolute atomic E-state index is 12.4. The topological polar surface area (TPSA) is 100 Å². The molecule has 0 saturated carbocycles. The van der Waals surface area contributed by atoms with Crippen LogP contribution in [0.3, 0.4) is 0 Å². The van der Waals surface area contributed by atoms with Crippen LogP contribution in [0, 0.1) is 5.92 Å². The second kappa shape index (κ2) is 7.01. The second-order valence-corrected chi connectivity index (χ2v) is 7.70. The number of nitrogens with one attached hydrogen (secondary N) is 2. The van der Waals surface area contributed by atoms with Crippen LogP contribution in [0.4, 0.5) is 5.82 Å². The van der Waals surface area contributed by atoms with E-state index in [2.05, 4.69) is 42.9 Å². The standard InChI is InChI=1S/C12H20BrN5O2S/c1-2-18-4-3-9(8-18)6-16-21(19,20)11-5-10(13)7-15-12(11)17-14/h5,7,9,16H,2-4,6,8,14H2,1H3,(H,15,17). The third kappa shape index (κ3) is 4.13. The van der Waals surface area contributed by atoms with Crippen LogP contribution in [-0.2, 0) is 10.0 Å². The third-order valence-corrected chi connectivity index (χ3v) is 5.50. The maximum Gasteiger partial charge on any atom is 0.244 e. The Morgan fingerprint density at radius 3 is 2.95 bits per heavy atom. The molecule has 0 aromatic carbocycles. The van der Waals surface area contributed by atoms with Gasteiger partial charge in [0.05, 0.1) is 0 Å². The number of halogens is 1. The monoisotopic (exact) mass is 377 g/mol. The Kier molecular flexibility index (Phi) is 5.55. The number of aromatic nitrogens is 1. The molecule has 1 saturated heterocycles. The van der Waals surface area contributed by atoms with Crippen LogP contribution in [0.15, 0.2) is 21.6 Å². The number of anilines is 1. The van der Waals surface area contributed by atoms with E-state index in [1.54, 1.807) is 0 Å². The van der Waals surface area contributed by atoms with Gasteiger partial charge in [-0.3, -0.25) is 0 Å². The van der Waals surface area contributed by atoms with E-state index in [9.17, 15) is 8.42 Å². The first-order chi connectivity index (χ1) is 9.96. The molecule has 0 bridgehead atoms. The summed E-state index contributed by atoms with van der Waals surface area (Å²) < 4.78 is 28.0. The molecule has 0 spiro atoms. The quantitative estimate of drug-likeness (QED) is 0.499. The molecule has 9 heteroatoms. The van der Waals surface area contributed by atoms with E-state index < -0.39 is 10.0 Å². The number of pyridine rings is 1. The summed E-state index contributed by atoms with van der Waals surface area (Å²) >= 11 is 3.22. The highest BCUT2D eigenvalue weighted by Crippen LogP contribution is 2.22. The number of likely N-dealkylation sites (tertiary alicyclic amines) is 1. The van der Waals surface area contributed by atoms with Crippen molar-refractivity contribution in [2.24, 2.45) is 11.8 Å². The fraction of sp³-hybridized carbons (Fsp3) is 0.583. The van der Waals surface area contributed by atoms with Crippen molar-refractivity contribution in [2.75, 3.05) is 31.6 Å². The van der Waals surface area contributed by atoms with Crippen molar-refractivity contribution in [3.8, 4) is 0 Å². The molecular formula is C12H20BrN5O2S. The summed E-state index contributed by atoms with van der Waals surface area (Å²) in [6.45, 7) is 5.49. The molecule has 2 heterocycles. The molecule has 7 nitrogen and oxygen atoms in total. The van der Waals surface area contributed by atoms with Crippen molar-refractivity contribution in [3.63, 3.8) is 0 Å². The lowest BCUT2D eigenvalue weighted by atomic mass is 10.1. The SMILES string of the molecule is CCN1CCC(CNS(=O)(=O)c2cc(Br)cnc2NN)C1. The normalized spacial score (nSPS) is 19.9. The minimum atomic E-state index is -3.64. The first-order valence-electron chi connectivity index (χ1n) is 6.80. The van der Waals surface area contributed by atoms with Crippen LogP contribution in [0.2, 0.25) is 0 Å². The molecule has 0 radical (unpaired) electrons. The van der Waals surface area contributed by atoms with E-state index in [4.69, 9.17) is 5.84 Å². The van der Waals surface area contributed by atoms with E-state index in [1.807, 2.05) is 0 Å². The largest absolute Gasteiger partial charge is 0.307 e. The number of hydrogen-bond donors (Lipinski definition) is 3. The highest BCUT2D eigenvalue weighted by molar-refractivity contribution is 9.10. The van der Waals surface area contributed by atoms with Gasteiger partial charge < -0.3 is 10.3 Å². The minimum absolute atomic E-state index is 0.0460. The van der Waals surface area contributed by atoms with Gasteiger partial charge in [0.15, 0.2) is 5.82 Å². The average Bonchev–Trinajstić information content (AvgIpc) is 2.93. The van der Waals surface area contributed by atoms with Crippen molar-refractivity contribution >= 4 is 31.8 Å². The molecule has 1 aliphatic rings. The van der Waals surface area contributed by atoms with Crippen LogP contribution >= 0.6 is 15.9 Å². The Balaban J connectivity index is 2.07. The van der Waals surface area contributed by atoms with Gasteiger partial charge in [-0.25, -0.2) is 24.0 Å². The highest BCUT2D eigenvalue weighted by Gasteiger charge is 2.25. The zero-order valence-electron chi connectivity index (χ0n) is 11.8. The van der Waals surface area contributed by atoms with Crippen LogP contribution in [0.1, 0.15) is 13.3 Å². The Morgan fingerprint density at radius 2 is 2.33 bits per heavy atom. The lowest BCUT2D eigenvalue weighted by Gasteiger charge is -2.15. The van der Waals surface area contributed by atoms with E-state index in [-0.39, 0.29) is 10.7 Å². The Bertz CT molecular complexity index is 595. The molecule has 0 amide bonds. The predicted molar refractivity (Wildman–Crippen MR) is 85.2 cm³/mol. The van der Waals surface area contributed by atoms with E-state index in [0.717, 1.165) is 26.1 Å². The van der Waals surface area contributed by atoms with E-state index in [0.29, 0.717) is 16.9 Å². The number of nitrogens with zero attached hydrogens (tertiary/aromatic N) is 2. The predicted octanol–water partition coefficient (Wildman–Crippen LogP) is 0.750. The molecule has 21 heavy (non-hydrogen) atoms. The van der Waals surface area contributed by atoms with Gasteiger partial charge in [0.25, 0.3) is 0 Å². The van der Waals surface area contributed by atoms with Gasteiger partial charge in [0.1, 0.15) is 4.90 Å². The molecule has 1 atom stereocenters. The number of hydrazine groups is 1. The van der Waals surface area contributed by atoms with Gasteiger partial charge in [-0.05, 0) is 47.4 Å². The summed E-state index contributed by atoms with van der Waals surface area (Å²) in [5.41, 5.74) is 2.31. The lowest BCUT2D eigenvalue weighted by Crippen LogP contribution is -2.32. The molecule has 4 N–H and O–H groups in total. The molecule has 1 aromatic heterocycles. The maximum atomic E-state index is 12.4. The molecule has 118 valence electrons. The van der Waals surface area contributed by atoms with Gasteiger partial charge in [0, 0.05) is 23.8 Å². The molecule has 0 aliphatic carbocycles. The summed E-state index contributed by atoms with van der Waals surface area (Å²) in [7, 11) is -3.64. The first-order valence-corrected chi connectivity index (χ1v) is 9.08. The fourth-order valence-corrected chi connectivity index (χ4v) is 4.15. The minimum Gasteiger partial charge on any atom is -0.307 e. The summed E-state index contributed by atoms with van der Waals surface area (Å²) in [5, 5.41) is 0. The molecule has 1 aromatic rings. The zero-order chi connectivity index (χ0) is 15.5. The van der Waals surface area contributed by atoms with E-state index >= 15 is 0 Å². The van der Waals surface area contributed by atoms with Crippen LogP contribution < -0.4 is 16.0 Å². The zero-order valence-corrected chi connectivity index (χ0v) is 14.2. The third-order valence-electron chi connectivity index (χ3n) is 3.62. The Morgan fingerprint density at radius 1 is 1.57 bits per heavy atom. The van der Waals surface area contributed by atoms with Gasteiger partial charge in [-0.15, -0.1) is 0 Å². The molecular weight excluding hydrogens is 358 g/mol. The number of rotatable bonds is 6. The number of hydrogen-bond acceptors (Lipinski definition) is 6. The van der Waals surface area contributed by atoms with Crippen molar-refractivity contribution < 1.29 is 8.42 Å². The van der Waals surface area contributed by atoms with Crippen molar-refractivity contribution in [2.45, 2.75) is 18.2 Å². The molecule has 1 unspecified atom stereocenters. The number of sulfonamides is 1. The summed E-state index contributed by atoms with van der Waals surface area (Å²) in [4.78, 5) is 6.32. The first kappa shape index (κ1) is 16.6. The summed E-state index contributed by atoms with van der Waals surface area (Å²) in [5.74, 6) is 5.80. The second-order valence-electron chi connectivity index (χ2n) is 5.04. The smallest absolute Gasteiger partial charge is 0.244 e. The lowest BCUT2D eigenvalue weighted by molar-refractivity contribution is 0.342. The van der Waals surface area contributed by atoms with Gasteiger partial charge in [-0.1, -0.05) is 6.92 Å².